The lowest BCUT2D eigenvalue weighted by molar-refractivity contribution is 0.613. The molecule has 0 fully saturated rings. The molecule has 26 heavy (non-hydrogen) atoms. The van der Waals surface area contributed by atoms with Crippen LogP contribution in [0.3, 0.4) is 0 Å². The van der Waals surface area contributed by atoms with Gasteiger partial charge in [0.25, 0.3) is 5.56 Å². The van der Waals surface area contributed by atoms with Crippen molar-refractivity contribution in [2.75, 3.05) is 0 Å². The minimum absolute atomic E-state index is 0.196. The minimum Gasteiger partial charge on any atom is -0.265 e. The minimum atomic E-state index is -0.333. The molecule has 4 nitrogen and oxygen atoms in total. The van der Waals surface area contributed by atoms with Gasteiger partial charge in [-0.15, -0.1) is 11.3 Å². The fourth-order valence-corrected chi connectivity index (χ4v) is 3.80. The normalized spacial score (nSPS) is 11.2. The fraction of sp³-hybridized carbons (Fsp3) is 0.150. The van der Waals surface area contributed by atoms with E-state index in [1.54, 1.807) is 12.1 Å². The van der Waals surface area contributed by atoms with E-state index >= 15 is 0 Å². The van der Waals surface area contributed by atoms with E-state index in [-0.39, 0.29) is 17.9 Å². The predicted octanol–water partition coefficient (Wildman–Crippen LogP) is 4.32. The molecule has 0 amide bonds. The lowest BCUT2D eigenvalue weighted by Crippen LogP contribution is -2.24. The second-order valence-electron chi connectivity index (χ2n) is 6.22. The molecular weight excluding hydrogens is 349 g/mol. The number of hydrogen-bond acceptors (Lipinski definition) is 4. The van der Waals surface area contributed by atoms with Gasteiger partial charge in [0.15, 0.2) is 5.52 Å². The highest BCUT2D eigenvalue weighted by atomic mass is 32.1. The summed E-state index contributed by atoms with van der Waals surface area (Å²) >= 11 is 1.46. The molecule has 0 saturated heterocycles. The molecule has 0 aliphatic heterocycles. The zero-order chi connectivity index (χ0) is 18.3. The Balaban J connectivity index is 1.92. The Kier molecular flexibility index (Phi) is 4.12. The van der Waals surface area contributed by atoms with Crippen LogP contribution in [0.15, 0.2) is 53.3 Å². The van der Waals surface area contributed by atoms with Crippen molar-refractivity contribution in [1.29, 1.82) is 0 Å². The Morgan fingerprint density at radius 3 is 2.62 bits per heavy atom. The van der Waals surface area contributed by atoms with Crippen LogP contribution in [-0.4, -0.2) is 14.8 Å². The number of aryl methyl sites for hydroxylation is 2. The number of hydrogen-bond donors (Lipinski definition) is 0. The second-order valence-corrected chi connectivity index (χ2v) is 7.42. The van der Waals surface area contributed by atoms with Crippen molar-refractivity contribution in [2.24, 2.45) is 0 Å². The van der Waals surface area contributed by atoms with E-state index in [0.717, 1.165) is 26.5 Å². The van der Waals surface area contributed by atoms with Crippen LogP contribution in [0.25, 0.3) is 21.5 Å². The molecule has 0 atom stereocenters. The van der Waals surface area contributed by atoms with Gasteiger partial charge in [-0.25, -0.2) is 14.1 Å². The van der Waals surface area contributed by atoms with Gasteiger partial charge in [-0.3, -0.25) is 4.79 Å². The standard InChI is InChI=1S/C20H16FN3OS/c1-12-6-8-15(9-7-12)17-19-18(22-13(2)26-19)20(25)24(23-17)11-14-4-3-5-16(21)10-14/h3-10H,11H2,1-2H3. The average Bonchev–Trinajstić information content (AvgIpc) is 3.00. The number of benzene rings is 2. The number of thiazole rings is 1. The molecule has 0 aliphatic carbocycles. The molecule has 0 unspecified atom stereocenters. The van der Waals surface area contributed by atoms with Crippen molar-refractivity contribution in [3.8, 4) is 11.3 Å². The molecular formula is C20H16FN3OS. The first kappa shape index (κ1) is 16.6. The summed E-state index contributed by atoms with van der Waals surface area (Å²) in [5, 5.41) is 5.41. The molecule has 4 rings (SSSR count). The van der Waals surface area contributed by atoms with Crippen LogP contribution < -0.4 is 5.56 Å². The lowest BCUT2D eigenvalue weighted by Gasteiger charge is -2.09. The highest BCUT2D eigenvalue weighted by Gasteiger charge is 2.16. The smallest absolute Gasteiger partial charge is 0.265 e. The van der Waals surface area contributed by atoms with Crippen LogP contribution in [0.1, 0.15) is 16.1 Å². The summed E-state index contributed by atoms with van der Waals surface area (Å²) < 4.78 is 15.6. The van der Waals surface area contributed by atoms with E-state index in [1.165, 1.54) is 28.2 Å². The Morgan fingerprint density at radius 2 is 1.88 bits per heavy atom. The van der Waals surface area contributed by atoms with Gasteiger partial charge in [0.1, 0.15) is 11.5 Å². The molecule has 0 radical (unpaired) electrons. The summed E-state index contributed by atoms with van der Waals surface area (Å²) in [6.45, 7) is 4.09. The van der Waals surface area contributed by atoms with E-state index < -0.39 is 0 Å². The van der Waals surface area contributed by atoms with Gasteiger partial charge in [-0.1, -0.05) is 42.0 Å². The summed E-state index contributed by atoms with van der Waals surface area (Å²) in [6, 6.07) is 14.2. The molecule has 130 valence electrons. The van der Waals surface area contributed by atoms with Gasteiger partial charge in [0.2, 0.25) is 0 Å². The molecule has 2 heterocycles. The Labute approximate surface area is 153 Å². The van der Waals surface area contributed by atoms with Gasteiger partial charge in [-0.05, 0) is 31.5 Å². The second kappa shape index (κ2) is 6.46. The third kappa shape index (κ3) is 3.04. The van der Waals surface area contributed by atoms with Crippen molar-refractivity contribution in [1.82, 2.24) is 14.8 Å². The van der Waals surface area contributed by atoms with Crippen molar-refractivity contribution in [2.45, 2.75) is 20.4 Å². The first-order chi connectivity index (χ1) is 12.5. The monoisotopic (exact) mass is 365 g/mol. The number of rotatable bonds is 3. The summed E-state index contributed by atoms with van der Waals surface area (Å²) in [4.78, 5) is 17.2. The van der Waals surface area contributed by atoms with E-state index in [4.69, 9.17) is 0 Å². The topological polar surface area (TPSA) is 47.8 Å². The van der Waals surface area contributed by atoms with Crippen LogP contribution in [0.2, 0.25) is 0 Å². The highest BCUT2D eigenvalue weighted by Crippen LogP contribution is 2.29. The quantitative estimate of drug-likeness (QED) is 0.543. The zero-order valence-electron chi connectivity index (χ0n) is 14.4. The van der Waals surface area contributed by atoms with Crippen LogP contribution in [0.5, 0.6) is 0 Å². The number of nitrogens with zero attached hydrogens (tertiary/aromatic N) is 3. The lowest BCUT2D eigenvalue weighted by atomic mass is 10.1. The number of fused-ring (bicyclic) bond motifs is 1. The molecule has 0 saturated carbocycles. The van der Waals surface area contributed by atoms with Gasteiger partial charge < -0.3 is 0 Å². The van der Waals surface area contributed by atoms with Crippen LogP contribution >= 0.6 is 11.3 Å². The zero-order valence-corrected chi connectivity index (χ0v) is 15.2. The van der Waals surface area contributed by atoms with Crippen molar-refractivity contribution >= 4 is 21.6 Å². The molecule has 4 aromatic rings. The largest absolute Gasteiger partial charge is 0.294 e. The van der Waals surface area contributed by atoms with E-state index in [1.807, 2.05) is 38.1 Å². The van der Waals surface area contributed by atoms with Gasteiger partial charge in [0, 0.05) is 5.56 Å². The van der Waals surface area contributed by atoms with Crippen LogP contribution in [0.4, 0.5) is 4.39 Å². The third-order valence-electron chi connectivity index (χ3n) is 4.15. The van der Waals surface area contributed by atoms with E-state index in [0.29, 0.717) is 11.1 Å². The molecule has 0 aliphatic rings. The SMILES string of the molecule is Cc1ccc(-c2nn(Cc3cccc(F)c3)c(=O)c3nc(C)sc23)cc1. The summed E-state index contributed by atoms with van der Waals surface area (Å²) in [5.41, 5.74) is 3.64. The third-order valence-corrected chi connectivity index (χ3v) is 5.13. The maximum absolute atomic E-state index is 13.5. The summed E-state index contributed by atoms with van der Waals surface area (Å²) in [5.74, 6) is -0.333. The van der Waals surface area contributed by atoms with E-state index in [2.05, 4.69) is 10.1 Å². The summed E-state index contributed by atoms with van der Waals surface area (Å²) in [7, 11) is 0. The maximum Gasteiger partial charge on any atom is 0.294 e. The molecule has 6 heteroatoms. The Bertz CT molecular complexity index is 1160. The Morgan fingerprint density at radius 1 is 1.12 bits per heavy atom. The number of halogens is 1. The van der Waals surface area contributed by atoms with Crippen LogP contribution in [-0.2, 0) is 6.54 Å². The first-order valence-electron chi connectivity index (χ1n) is 8.21. The maximum atomic E-state index is 13.5. The molecule has 0 spiro atoms. The van der Waals surface area contributed by atoms with Gasteiger partial charge >= 0.3 is 0 Å². The highest BCUT2D eigenvalue weighted by molar-refractivity contribution is 7.19. The van der Waals surface area contributed by atoms with Crippen LogP contribution in [0, 0.1) is 19.7 Å². The van der Waals surface area contributed by atoms with Crippen molar-refractivity contribution in [3.63, 3.8) is 0 Å². The fourth-order valence-electron chi connectivity index (χ4n) is 2.88. The molecule has 0 bridgehead atoms. The molecule has 0 N–H and O–H groups in total. The van der Waals surface area contributed by atoms with Gasteiger partial charge in [0.05, 0.1) is 16.3 Å². The van der Waals surface area contributed by atoms with E-state index in [9.17, 15) is 9.18 Å². The first-order valence-corrected chi connectivity index (χ1v) is 9.02. The molecule has 2 aromatic heterocycles. The average molecular weight is 365 g/mol. The predicted molar refractivity (Wildman–Crippen MR) is 102 cm³/mol. The summed E-state index contributed by atoms with van der Waals surface area (Å²) in [6.07, 6.45) is 0. The number of aromatic nitrogens is 3. The Hall–Kier alpha value is -2.86. The van der Waals surface area contributed by atoms with Crippen molar-refractivity contribution in [3.05, 3.63) is 80.8 Å². The van der Waals surface area contributed by atoms with Crippen molar-refractivity contribution < 1.29 is 4.39 Å². The van der Waals surface area contributed by atoms with Gasteiger partial charge in [-0.2, -0.15) is 5.10 Å². The molecule has 2 aromatic carbocycles.